The lowest BCUT2D eigenvalue weighted by Crippen LogP contribution is -2.48. The van der Waals surface area contributed by atoms with Crippen LogP contribution >= 0.6 is 11.3 Å². The Kier molecular flexibility index (Phi) is 7.83. The van der Waals surface area contributed by atoms with Crippen LogP contribution in [0.15, 0.2) is 65.6 Å². The third-order valence-corrected chi connectivity index (χ3v) is 9.16. The Hall–Kier alpha value is -3.54. The van der Waals surface area contributed by atoms with Gasteiger partial charge in [-0.3, -0.25) is 14.4 Å². The monoisotopic (exact) mass is 567 g/mol. The van der Waals surface area contributed by atoms with Crippen molar-refractivity contribution in [2.24, 2.45) is 0 Å². The van der Waals surface area contributed by atoms with E-state index in [-0.39, 0.29) is 10.8 Å². The first kappa shape index (κ1) is 27.0. The number of rotatable bonds is 8. The highest BCUT2D eigenvalue weighted by molar-refractivity contribution is 7.92. The van der Waals surface area contributed by atoms with Crippen LogP contribution in [-0.4, -0.2) is 63.5 Å². The third-order valence-electron chi connectivity index (χ3n) is 6.70. The predicted molar refractivity (Wildman–Crippen MR) is 154 cm³/mol. The summed E-state index contributed by atoms with van der Waals surface area (Å²) in [6, 6.07) is 15.1. The van der Waals surface area contributed by atoms with Crippen LogP contribution in [-0.2, 0) is 10.0 Å². The number of nitrogens with one attached hydrogen (secondary N) is 2. The van der Waals surface area contributed by atoms with E-state index in [9.17, 15) is 17.6 Å². The highest BCUT2D eigenvalue weighted by Gasteiger charge is 2.20. The molecule has 1 fully saturated rings. The topological polar surface area (TPSA) is 94.6 Å². The molecule has 0 atom stereocenters. The quantitative estimate of drug-likeness (QED) is 0.328. The zero-order chi connectivity index (χ0) is 27.6. The second kappa shape index (κ2) is 11.3. The largest absolute Gasteiger partial charge is 0.351 e. The smallest absolute Gasteiger partial charge is 0.261 e. The average Bonchev–Trinajstić information content (AvgIpc) is 3.34. The van der Waals surface area contributed by atoms with Crippen LogP contribution in [0.25, 0.3) is 10.2 Å². The van der Waals surface area contributed by atoms with E-state index in [0.29, 0.717) is 17.8 Å². The Labute approximate surface area is 231 Å². The third kappa shape index (κ3) is 6.38. The SMILES string of the molecule is Cc1cc(C)c2nc(N3CCN(CCNC(=O)c4ccc(NS(=O)(=O)c5ccc(F)cc5)cc4)CC3)sc2c1. The summed E-state index contributed by atoms with van der Waals surface area (Å²) >= 11 is 1.74. The molecule has 1 aliphatic heterocycles. The number of thiazole rings is 1. The number of hydrogen-bond acceptors (Lipinski definition) is 7. The summed E-state index contributed by atoms with van der Waals surface area (Å²) in [4.78, 5) is 22.1. The highest BCUT2D eigenvalue weighted by atomic mass is 32.2. The second-order valence-electron chi connectivity index (χ2n) is 9.65. The molecule has 39 heavy (non-hydrogen) atoms. The fourth-order valence-electron chi connectivity index (χ4n) is 4.60. The second-order valence-corrected chi connectivity index (χ2v) is 12.3. The molecule has 1 saturated heterocycles. The van der Waals surface area contributed by atoms with Crippen molar-refractivity contribution in [3.8, 4) is 0 Å². The van der Waals surface area contributed by atoms with Gasteiger partial charge in [0.05, 0.1) is 15.1 Å². The summed E-state index contributed by atoms with van der Waals surface area (Å²) in [5.74, 6) is -0.733. The molecule has 0 spiro atoms. The van der Waals surface area contributed by atoms with E-state index in [4.69, 9.17) is 4.98 Å². The van der Waals surface area contributed by atoms with Gasteiger partial charge in [-0.2, -0.15) is 0 Å². The molecule has 1 amide bonds. The highest BCUT2D eigenvalue weighted by Crippen LogP contribution is 2.32. The van der Waals surface area contributed by atoms with Crippen molar-refractivity contribution in [2.45, 2.75) is 18.7 Å². The molecule has 2 heterocycles. The molecule has 204 valence electrons. The molecule has 8 nitrogen and oxygen atoms in total. The minimum atomic E-state index is -3.85. The summed E-state index contributed by atoms with van der Waals surface area (Å²) in [5.41, 5.74) is 4.30. The summed E-state index contributed by atoms with van der Waals surface area (Å²) < 4.78 is 41.7. The Morgan fingerprint density at radius 2 is 1.69 bits per heavy atom. The van der Waals surface area contributed by atoms with Crippen LogP contribution in [0.3, 0.4) is 0 Å². The van der Waals surface area contributed by atoms with Crippen molar-refractivity contribution < 1.29 is 17.6 Å². The maximum Gasteiger partial charge on any atom is 0.261 e. The zero-order valence-electron chi connectivity index (χ0n) is 21.8. The molecule has 1 aromatic heterocycles. The number of benzene rings is 3. The summed E-state index contributed by atoms with van der Waals surface area (Å²) in [6.45, 7) is 9.05. The number of amides is 1. The van der Waals surface area contributed by atoms with Gasteiger partial charge in [0, 0.05) is 50.5 Å². The molecule has 0 radical (unpaired) electrons. The number of carbonyl (C=O) groups is 1. The van der Waals surface area contributed by atoms with E-state index in [2.05, 4.69) is 45.8 Å². The standard InChI is InChI=1S/C28H30FN5O3S2/c1-19-17-20(2)26-25(18-19)38-28(31-26)34-15-13-33(14-16-34)12-11-30-27(35)21-3-7-23(8-4-21)32-39(36,37)24-9-5-22(29)6-10-24/h3-10,17-18,32H,11-16H2,1-2H3,(H,30,35). The molecule has 0 saturated carbocycles. The van der Waals surface area contributed by atoms with E-state index in [0.717, 1.165) is 55.5 Å². The Morgan fingerprint density at radius 1 is 1.00 bits per heavy atom. The molecule has 0 bridgehead atoms. The zero-order valence-corrected chi connectivity index (χ0v) is 23.4. The van der Waals surface area contributed by atoms with E-state index >= 15 is 0 Å². The van der Waals surface area contributed by atoms with Crippen LogP contribution in [0, 0.1) is 19.7 Å². The van der Waals surface area contributed by atoms with E-state index in [1.54, 1.807) is 23.5 Å². The molecule has 1 aliphatic rings. The van der Waals surface area contributed by atoms with Gasteiger partial charge in [-0.05, 0) is 79.6 Å². The number of halogens is 1. The van der Waals surface area contributed by atoms with Crippen LogP contribution in [0.5, 0.6) is 0 Å². The number of hydrogen-bond donors (Lipinski definition) is 2. The van der Waals surface area contributed by atoms with E-state index < -0.39 is 15.8 Å². The van der Waals surface area contributed by atoms with Crippen molar-refractivity contribution in [3.63, 3.8) is 0 Å². The first-order valence-corrected chi connectivity index (χ1v) is 15.0. The number of piperazine rings is 1. The summed E-state index contributed by atoms with van der Waals surface area (Å²) in [5, 5.41) is 4.00. The molecule has 11 heteroatoms. The number of aryl methyl sites for hydroxylation is 2. The molecule has 5 rings (SSSR count). The lowest BCUT2D eigenvalue weighted by atomic mass is 10.1. The lowest BCUT2D eigenvalue weighted by Gasteiger charge is -2.34. The molecule has 3 aromatic carbocycles. The first-order valence-electron chi connectivity index (χ1n) is 12.7. The van der Waals surface area contributed by atoms with Crippen molar-refractivity contribution >= 4 is 48.3 Å². The lowest BCUT2D eigenvalue weighted by molar-refractivity contribution is 0.0948. The minimum absolute atomic E-state index is 0.0446. The number of carbonyl (C=O) groups excluding carboxylic acids is 1. The molecular formula is C28H30FN5O3S2. The van der Waals surface area contributed by atoms with Crippen LogP contribution < -0.4 is 14.9 Å². The summed E-state index contributed by atoms with van der Waals surface area (Å²) in [7, 11) is -3.85. The molecule has 2 N–H and O–H groups in total. The van der Waals surface area contributed by atoms with Crippen molar-refractivity contribution in [3.05, 3.63) is 83.2 Å². The van der Waals surface area contributed by atoms with Gasteiger partial charge in [0.25, 0.3) is 15.9 Å². The maximum atomic E-state index is 13.1. The molecular weight excluding hydrogens is 537 g/mol. The van der Waals surface area contributed by atoms with E-state index in [1.165, 1.54) is 40.1 Å². The van der Waals surface area contributed by atoms with Gasteiger partial charge in [-0.15, -0.1) is 0 Å². The van der Waals surface area contributed by atoms with Gasteiger partial charge >= 0.3 is 0 Å². The van der Waals surface area contributed by atoms with Gasteiger partial charge in [0.1, 0.15) is 5.82 Å². The molecule has 4 aromatic rings. The van der Waals surface area contributed by atoms with E-state index in [1.807, 2.05) is 0 Å². The fraction of sp³-hybridized carbons (Fsp3) is 0.286. The number of anilines is 2. The number of sulfonamides is 1. The van der Waals surface area contributed by atoms with Crippen LogP contribution in [0.4, 0.5) is 15.2 Å². The molecule has 0 unspecified atom stereocenters. The Balaban J connectivity index is 1.08. The fourth-order valence-corrected chi connectivity index (χ4v) is 6.86. The van der Waals surface area contributed by atoms with Gasteiger partial charge in [0.15, 0.2) is 5.13 Å². The van der Waals surface area contributed by atoms with Crippen molar-refractivity contribution in [2.75, 3.05) is 48.9 Å². The predicted octanol–water partition coefficient (Wildman–Crippen LogP) is 4.41. The van der Waals surface area contributed by atoms with Crippen molar-refractivity contribution in [1.82, 2.24) is 15.2 Å². The number of aromatic nitrogens is 1. The van der Waals surface area contributed by atoms with Gasteiger partial charge in [-0.1, -0.05) is 17.4 Å². The average molecular weight is 568 g/mol. The number of nitrogens with zero attached hydrogens (tertiary/aromatic N) is 3. The minimum Gasteiger partial charge on any atom is -0.351 e. The number of fused-ring (bicyclic) bond motifs is 1. The molecule has 0 aliphatic carbocycles. The van der Waals surface area contributed by atoms with Gasteiger partial charge in [0.2, 0.25) is 0 Å². The van der Waals surface area contributed by atoms with Crippen LogP contribution in [0.2, 0.25) is 0 Å². The van der Waals surface area contributed by atoms with Crippen molar-refractivity contribution in [1.29, 1.82) is 0 Å². The first-order chi connectivity index (χ1) is 18.7. The Morgan fingerprint density at radius 3 is 2.38 bits per heavy atom. The van der Waals surface area contributed by atoms with Gasteiger partial charge < -0.3 is 10.2 Å². The van der Waals surface area contributed by atoms with Gasteiger partial charge in [-0.25, -0.2) is 17.8 Å². The maximum absolute atomic E-state index is 13.1. The Bertz CT molecular complexity index is 1580. The van der Waals surface area contributed by atoms with Crippen LogP contribution in [0.1, 0.15) is 21.5 Å². The normalized spacial score (nSPS) is 14.5. The summed E-state index contributed by atoms with van der Waals surface area (Å²) in [6.07, 6.45) is 0.